The highest BCUT2D eigenvalue weighted by molar-refractivity contribution is 9.10. The van der Waals surface area contributed by atoms with Crippen molar-refractivity contribution in [1.82, 2.24) is 14.9 Å². The number of likely N-dealkylation sites (N-methyl/N-ethyl adjacent to an activating group) is 1. The van der Waals surface area contributed by atoms with Crippen LogP contribution in [0.15, 0.2) is 33.6 Å². The van der Waals surface area contributed by atoms with Crippen LogP contribution in [0.4, 0.5) is 11.6 Å². The fourth-order valence-electron chi connectivity index (χ4n) is 2.24. The zero-order valence-corrected chi connectivity index (χ0v) is 13.7. The van der Waals surface area contributed by atoms with Gasteiger partial charge in [0.1, 0.15) is 18.0 Å². The van der Waals surface area contributed by atoms with Crippen molar-refractivity contribution < 1.29 is 9.21 Å². The maximum atomic E-state index is 12.1. The lowest BCUT2D eigenvalue weighted by molar-refractivity contribution is 0.0995. The molecule has 0 aromatic carbocycles. The summed E-state index contributed by atoms with van der Waals surface area (Å²) in [5, 5.41) is 2.72. The average Bonchev–Trinajstić information content (AvgIpc) is 2.95. The Bertz CT molecular complexity index is 667. The lowest BCUT2D eigenvalue weighted by atomic mass is 10.3. The van der Waals surface area contributed by atoms with Crippen LogP contribution in [0.25, 0.3) is 0 Å². The molecule has 3 rings (SSSR count). The molecule has 0 aliphatic carbocycles. The second-order valence-corrected chi connectivity index (χ2v) is 5.89. The molecule has 3 heterocycles. The number of carbonyl (C=O) groups excluding carboxylic acids is 1. The number of amides is 1. The summed E-state index contributed by atoms with van der Waals surface area (Å²) >= 11 is 3.17. The zero-order chi connectivity index (χ0) is 15.5. The molecule has 1 N–H and O–H groups in total. The van der Waals surface area contributed by atoms with Crippen molar-refractivity contribution in [3.63, 3.8) is 0 Å². The molecule has 1 amide bonds. The van der Waals surface area contributed by atoms with Gasteiger partial charge in [-0.05, 0) is 35.1 Å². The molecule has 1 fully saturated rings. The largest absolute Gasteiger partial charge is 0.444 e. The van der Waals surface area contributed by atoms with Crippen LogP contribution in [0.5, 0.6) is 0 Å². The van der Waals surface area contributed by atoms with Crippen LogP contribution >= 0.6 is 15.9 Å². The van der Waals surface area contributed by atoms with Gasteiger partial charge in [-0.2, -0.15) is 0 Å². The monoisotopic (exact) mass is 365 g/mol. The van der Waals surface area contributed by atoms with E-state index in [1.165, 1.54) is 6.33 Å². The van der Waals surface area contributed by atoms with Gasteiger partial charge in [0, 0.05) is 32.2 Å². The third-order valence-electron chi connectivity index (χ3n) is 3.52. The summed E-state index contributed by atoms with van der Waals surface area (Å²) in [7, 11) is 2.10. The highest BCUT2D eigenvalue weighted by Gasteiger charge is 2.17. The van der Waals surface area contributed by atoms with E-state index in [0.29, 0.717) is 10.5 Å². The van der Waals surface area contributed by atoms with Crippen LogP contribution in [0, 0.1) is 0 Å². The van der Waals surface area contributed by atoms with Crippen LogP contribution in [-0.2, 0) is 0 Å². The molecular formula is C14H16BrN5O2. The Kier molecular flexibility index (Phi) is 4.39. The number of rotatable bonds is 3. The van der Waals surface area contributed by atoms with Gasteiger partial charge in [0.05, 0.1) is 0 Å². The highest BCUT2D eigenvalue weighted by atomic mass is 79.9. The number of hydrogen-bond acceptors (Lipinski definition) is 6. The van der Waals surface area contributed by atoms with E-state index in [1.54, 1.807) is 18.2 Å². The highest BCUT2D eigenvalue weighted by Crippen LogP contribution is 2.18. The van der Waals surface area contributed by atoms with Crippen molar-refractivity contribution in [3.05, 3.63) is 35.0 Å². The molecule has 1 aliphatic heterocycles. The Morgan fingerprint density at radius 3 is 2.73 bits per heavy atom. The summed E-state index contributed by atoms with van der Waals surface area (Å²) in [6.07, 6.45) is 1.46. The van der Waals surface area contributed by atoms with Crippen LogP contribution < -0.4 is 10.2 Å². The molecule has 0 atom stereocenters. The van der Waals surface area contributed by atoms with Crippen molar-refractivity contribution >= 4 is 33.5 Å². The first-order chi connectivity index (χ1) is 10.6. The van der Waals surface area contributed by atoms with Crippen molar-refractivity contribution in [2.75, 3.05) is 43.4 Å². The Labute approximate surface area is 136 Å². The molecule has 2 aromatic heterocycles. The molecule has 2 aromatic rings. The minimum absolute atomic E-state index is 0.228. The van der Waals surface area contributed by atoms with Crippen LogP contribution in [0.1, 0.15) is 10.6 Å². The van der Waals surface area contributed by atoms with Gasteiger partial charge in [-0.25, -0.2) is 9.97 Å². The summed E-state index contributed by atoms with van der Waals surface area (Å²) in [5.74, 6) is 1.17. The van der Waals surface area contributed by atoms with Gasteiger partial charge < -0.3 is 19.5 Å². The molecule has 0 unspecified atom stereocenters. The van der Waals surface area contributed by atoms with E-state index in [-0.39, 0.29) is 11.7 Å². The topological polar surface area (TPSA) is 74.5 Å². The van der Waals surface area contributed by atoms with Gasteiger partial charge in [-0.3, -0.25) is 4.79 Å². The van der Waals surface area contributed by atoms with E-state index in [2.05, 4.69) is 48.1 Å². The summed E-state index contributed by atoms with van der Waals surface area (Å²) < 4.78 is 5.73. The predicted octanol–water partition coefficient (Wildman–Crippen LogP) is 1.84. The number of hydrogen-bond donors (Lipinski definition) is 1. The summed E-state index contributed by atoms with van der Waals surface area (Å²) in [4.78, 5) is 24.9. The fraction of sp³-hybridized carbons (Fsp3) is 0.357. The van der Waals surface area contributed by atoms with E-state index in [1.807, 2.05) is 0 Å². The summed E-state index contributed by atoms with van der Waals surface area (Å²) in [6.45, 7) is 3.80. The Morgan fingerprint density at radius 2 is 2.05 bits per heavy atom. The minimum atomic E-state index is -0.339. The number of furan rings is 1. The average molecular weight is 366 g/mol. The van der Waals surface area contributed by atoms with Gasteiger partial charge in [-0.1, -0.05) is 0 Å². The van der Waals surface area contributed by atoms with Gasteiger partial charge in [-0.15, -0.1) is 0 Å². The Morgan fingerprint density at radius 1 is 1.27 bits per heavy atom. The normalized spacial score (nSPS) is 15.8. The molecule has 0 radical (unpaired) electrons. The molecule has 1 aliphatic rings. The summed E-state index contributed by atoms with van der Waals surface area (Å²) in [5.41, 5.74) is 0. The smallest absolute Gasteiger partial charge is 0.292 e. The minimum Gasteiger partial charge on any atom is -0.444 e. The summed E-state index contributed by atoms with van der Waals surface area (Å²) in [6, 6.07) is 5.05. The van der Waals surface area contributed by atoms with Gasteiger partial charge in [0.25, 0.3) is 5.91 Å². The molecule has 8 heteroatoms. The zero-order valence-electron chi connectivity index (χ0n) is 12.1. The van der Waals surface area contributed by atoms with E-state index < -0.39 is 0 Å². The number of aromatic nitrogens is 2. The predicted molar refractivity (Wildman–Crippen MR) is 86.1 cm³/mol. The maximum Gasteiger partial charge on any atom is 0.292 e. The second kappa shape index (κ2) is 6.45. The van der Waals surface area contributed by atoms with Crippen molar-refractivity contribution in [3.8, 4) is 0 Å². The number of nitrogens with zero attached hydrogens (tertiary/aromatic N) is 4. The SMILES string of the molecule is CN1CCN(c2cc(NC(=O)c3ccc(Br)o3)ncn2)CC1. The standard InChI is InChI=1S/C14H16BrN5O2/c1-19-4-6-20(7-5-19)13-8-12(16-9-17-13)18-14(21)10-2-3-11(15)22-10/h2-3,8-9H,4-7H2,1H3,(H,16,17,18,21). The number of anilines is 2. The lowest BCUT2D eigenvalue weighted by Gasteiger charge is -2.33. The van der Waals surface area contributed by atoms with Crippen molar-refractivity contribution in [1.29, 1.82) is 0 Å². The van der Waals surface area contributed by atoms with Gasteiger partial charge in [0.2, 0.25) is 0 Å². The van der Waals surface area contributed by atoms with Gasteiger partial charge in [0.15, 0.2) is 10.4 Å². The molecular weight excluding hydrogens is 350 g/mol. The fourth-order valence-corrected chi connectivity index (χ4v) is 2.54. The molecule has 0 saturated carbocycles. The lowest BCUT2D eigenvalue weighted by Crippen LogP contribution is -2.44. The van der Waals surface area contributed by atoms with Crippen LogP contribution in [0.2, 0.25) is 0 Å². The third-order valence-corrected chi connectivity index (χ3v) is 3.94. The maximum absolute atomic E-state index is 12.1. The number of nitrogens with one attached hydrogen (secondary N) is 1. The van der Waals surface area contributed by atoms with Crippen molar-refractivity contribution in [2.45, 2.75) is 0 Å². The van der Waals surface area contributed by atoms with Crippen LogP contribution in [-0.4, -0.2) is 54.0 Å². The van der Waals surface area contributed by atoms with Gasteiger partial charge >= 0.3 is 0 Å². The van der Waals surface area contributed by atoms with E-state index in [0.717, 1.165) is 32.0 Å². The van der Waals surface area contributed by atoms with E-state index in [4.69, 9.17) is 4.42 Å². The second-order valence-electron chi connectivity index (χ2n) is 5.11. The quantitative estimate of drug-likeness (QED) is 0.894. The van der Waals surface area contributed by atoms with E-state index in [9.17, 15) is 4.79 Å². The number of piperazine rings is 1. The molecule has 116 valence electrons. The molecule has 22 heavy (non-hydrogen) atoms. The van der Waals surface area contributed by atoms with E-state index >= 15 is 0 Å². The first-order valence-electron chi connectivity index (χ1n) is 6.94. The molecule has 1 saturated heterocycles. The van der Waals surface area contributed by atoms with Crippen LogP contribution in [0.3, 0.4) is 0 Å². The molecule has 7 nitrogen and oxygen atoms in total. The number of halogens is 1. The Hall–Kier alpha value is -1.93. The first kappa shape index (κ1) is 15.0. The first-order valence-corrected chi connectivity index (χ1v) is 7.73. The number of carbonyl (C=O) groups is 1. The Balaban J connectivity index is 1.70. The molecule has 0 spiro atoms. The third kappa shape index (κ3) is 3.45. The molecule has 0 bridgehead atoms. The van der Waals surface area contributed by atoms with Crippen molar-refractivity contribution in [2.24, 2.45) is 0 Å².